The molecule has 4 fully saturated rings. The summed E-state index contributed by atoms with van der Waals surface area (Å²) in [5.74, 6) is 1.29. The predicted molar refractivity (Wildman–Crippen MR) is 146 cm³/mol. The second kappa shape index (κ2) is 10.9. The summed E-state index contributed by atoms with van der Waals surface area (Å²) >= 11 is 0. The van der Waals surface area contributed by atoms with Crippen LogP contribution in [0.15, 0.2) is 24.3 Å². The van der Waals surface area contributed by atoms with E-state index in [2.05, 4.69) is 26.1 Å². The molecule has 11 atom stereocenters. The minimum Gasteiger partial charge on any atom is -0.393 e. The maximum Gasteiger partial charge on any atom is 0.416 e. The van der Waals surface area contributed by atoms with Crippen LogP contribution in [0.1, 0.15) is 89.7 Å². The monoisotopic (exact) mass is 565 g/mol. The van der Waals surface area contributed by atoms with Crippen LogP contribution in [0.25, 0.3) is 0 Å². The zero-order valence-corrected chi connectivity index (χ0v) is 24.0. The van der Waals surface area contributed by atoms with Gasteiger partial charge in [-0.15, -0.1) is 0 Å². The molecule has 224 valence electrons. The first kappa shape index (κ1) is 29.8. The lowest BCUT2D eigenvalue weighted by Gasteiger charge is -2.63. The molecule has 5 nitrogen and oxygen atoms in total. The van der Waals surface area contributed by atoms with Crippen molar-refractivity contribution in [2.45, 2.75) is 110 Å². The molecule has 40 heavy (non-hydrogen) atoms. The minimum absolute atomic E-state index is 0.0420. The number of benzene rings is 1. The van der Waals surface area contributed by atoms with Gasteiger partial charge in [-0.1, -0.05) is 32.9 Å². The first-order valence-electron chi connectivity index (χ1n) is 15.2. The quantitative estimate of drug-likeness (QED) is 0.356. The summed E-state index contributed by atoms with van der Waals surface area (Å²) in [5, 5.41) is 36.3. The lowest BCUT2D eigenvalue weighted by Crippen LogP contribution is -2.62. The van der Waals surface area contributed by atoms with Crippen LogP contribution in [0, 0.1) is 46.3 Å². The molecule has 0 radical (unpaired) electrons. The van der Waals surface area contributed by atoms with Gasteiger partial charge in [0.05, 0.1) is 23.9 Å². The molecule has 1 amide bonds. The highest BCUT2D eigenvalue weighted by Crippen LogP contribution is 2.68. The fraction of sp³-hybridized carbons (Fsp3) is 0.781. The fourth-order valence-corrected chi connectivity index (χ4v) is 9.79. The Bertz CT molecular complexity index is 1060. The van der Waals surface area contributed by atoms with Crippen LogP contribution in [-0.2, 0) is 17.5 Å². The largest absolute Gasteiger partial charge is 0.416 e. The highest BCUT2D eigenvalue weighted by atomic mass is 19.4. The van der Waals surface area contributed by atoms with Crippen LogP contribution >= 0.6 is 0 Å². The number of carbonyl (C=O) groups excluding carboxylic acids is 1. The van der Waals surface area contributed by atoms with Crippen LogP contribution in [0.5, 0.6) is 0 Å². The van der Waals surface area contributed by atoms with E-state index in [9.17, 15) is 33.3 Å². The van der Waals surface area contributed by atoms with Gasteiger partial charge in [0.2, 0.25) is 5.91 Å². The van der Waals surface area contributed by atoms with Crippen molar-refractivity contribution in [1.82, 2.24) is 5.32 Å². The lowest BCUT2D eigenvalue weighted by atomic mass is 9.43. The van der Waals surface area contributed by atoms with Crippen molar-refractivity contribution in [3.63, 3.8) is 0 Å². The van der Waals surface area contributed by atoms with E-state index in [1.165, 1.54) is 12.1 Å². The SMILES string of the molecule is C[C@H](CCC(=O)NCc1ccc(C(F)(F)F)cc1)[C@H]1CCC2C3C(C[C@H](O)[C@@]21C)[C@@]1(C)CC[C@@H](O)CC1C[C@H]3O. The number of nitrogens with one attached hydrogen (secondary N) is 1. The van der Waals surface area contributed by atoms with Crippen molar-refractivity contribution >= 4 is 5.91 Å². The highest BCUT2D eigenvalue weighted by Gasteiger charge is 2.65. The van der Waals surface area contributed by atoms with Crippen molar-refractivity contribution in [2.24, 2.45) is 46.3 Å². The number of hydrogen-bond acceptors (Lipinski definition) is 4. The molecule has 0 bridgehead atoms. The number of alkyl halides is 3. The fourth-order valence-electron chi connectivity index (χ4n) is 9.79. The van der Waals surface area contributed by atoms with Crippen LogP contribution in [0.3, 0.4) is 0 Å². The Morgan fingerprint density at radius 3 is 2.40 bits per heavy atom. The molecule has 1 aromatic carbocycles. The zero-order chi connectivity index (χ0) is 29.0. The van der Waals surface area contributed by atoms with E-state index < -0.39 is 23.9 Å². The summed E-state index contributed by atoms with van der Waals surface area (Å²) in [4.78, 5) is 12.6. The summed E-state index contributed by atoms with van der Waals surface area (Å²) in [6, 6.07) is 4.84. The van der Waals surface area contributed by atoms with Gasteiger partial charge >= 0.3 is 6.18 Å². The van der Waals surface area contributed by atoms with Gasteiger partial charge in [-0.3, -0.25) is 4.79 Å². The molecule has 0 heterocycles. The third kappa shape index (κ3) is 5.22. The van der Waals surface area contributed by atoms with Gasteiger partial charge in [0, 0.05) is 13.0 Å². The van der Waals surface area contributed by atoms with Crippen molar-refractivity contribution in [2.75, 3.05) is 0 Å². The van der Waals surface area contributed by atoms with Crippen LogP contribution < -0.4 is 5.32 Å². The third-order valence-corrected chi connectivity index (χ3v) is 12.1. The molecule has 5 rings (SSSR count). The van der Waals surface area contributed by atoms with Gasteiger partial charge in [-0.2, -0.15) is 13.2 Å². The van der Waals surface area contributed by atoms with Crippen LogP contribution in [-0.4, -0.2) is 39.5 Å². The number of fused-ring (bicyclic) bond motifs is 5. The van der Waals surface area contributed by atoms with E-state index in [0.717, 1.165) is 50.7 Å². The highest BCUT2D eigenvalue weighted by molar-refractivity contribution is 5.75. The van der Waals surface area contributed by atoms with Crippen molar-refractivity contribution in [3.8, 4) is 0 Å². The van der Waals surface area contributed by atoms with E-state index >= 15 is 0 Å². The second-order valence-electron chi connectivity index (χ2n) is 14.0. The van der Waals surface area contributed by atoms with Crippen LogP contribution in [0.4, 0.5) is 13.2 Å². The lowest BCUT2D eigenvalue weighted by molar-refractivity contribution is -0.207. The van der Waals surface area contributed by atoms with Crippen molar-refractivity contribution < 1.29 is 33.3 Å². The van der Waals surface area contributed by atoms with Gasteiger partial charge in [0.25, 0.3) is 0 Å². The predicted octanol–water partition coefficient (Wildman–Crippen LogP) is 5.70. The zero-order valence-electron chi connectivity index (χ0n) is 24.0. The Hall–Kier alpha value is -1.64. The van der Waals surface area contributed by atoms with Gasteiger partial charge in [-0.05, 0) is 115 Å². The Morgan fingerprint density at radius 1 is 1.02 bits per heavy atom. The van der Waals surface area contributed by atoms with Gasteiger partial charge in [0.1, 0.15) is 0 Å². The number of halogens is 3. The molecule has 1 aromatic rings. The van der Waals surface area contributed by atoms with E-state index in [4.69, 9.17) is 0 Å². The molecule has 4 aliphatic rings. The maximum absolute atomic E-state index is 12.8. The summed E-state index contributed by atoms with van der Waals surface area (Å²) < 4.78 is 38.4. The number of carbonyl (C=O) groups is 1. The summed E-state index contributed by atoms with van der Waals surface area (Å²) in [7, 11) is 0. The normalized spacial score (nSPS) is 41.9. The van der Waals surface area contributed by atoms with E-state index in [1.54, 1.807) is 0 Å². The number of aliphatic hydroxyl groups is 3. The number of aliphatic hydroxyl groups excluding tert-OH is 3. The molecular formula is C32H46F3NO4. The standard InChI is InChI=1S/C32H46F3NO4/c1-18(4-11-28(40)36-17-19-5-7-20(8-6-19)32(33,34)35)23-9-10-24-29-25(16-27(39)31(23,24)3)30(2)13-12-22(37)14-21(30)15-26(29)38/h5-8,18,21-27,29,37-39H,4,9-17H2,1-3H3,(H,36,40)/t18-,21?,22-,23-,24?,25?,26-,27+,29?,30+,31-/m1/s1. The Kier molecular flexibility index (Phi) is 8.12. The number of amides is 1. The van der Waals surface area contributed by atoms with Crippen LogP contribution in [0.2, 0.25) is 0 Å². The van der Waals surface area contributed by atoms with E-state index in [0.29, 0.717) is 30.7 Å². The molecule has 4 saturated carbocycles. The maximum atomic E-state index is 12.8. The average Bonchev–Trinajstić information content (AvgIpc) is 3.26. The summed E-state index contributed by atoms with van der Waals surface area (Å²) in [5.41, 5.74) is -0.353. The Balaban J connectivity index is 1.20. The average molecular weight is 566 g/mol. The van der Waals surface area contributed by atoms with E-state index in [-0.39, 0.29) is 59.0 Å². The first-order valence-corrected chi connectivity index (χ1v) is 15.2. The smallest absolute Gasteiger partial charge is 0.393 e. The summed E-state index contributed by atoms with van der Waals surface area (Å²) in [6.45, 7) is 6.90. The minimum atomic E-state index is -4.38. The van der Waals surface area contributed by atoms with Gasteiger partial charge in [0.15, 0.2) is 0 Å². The molecule has 0 aromatic heterocycles. The molecule has 4 N–H and O–H groups in total. The molecule has 8 heteroatoms. The van der Waals surface area contributed by atoms with Crippen molar-refractivity contribution in [3.05, 3.63) is 35.4 Å². The molecular weight excluding hydrogens is 519 g/mol. The third-order valence-electron chi connectivity index (χ3n) is 12.1. The number of hydrogen-bond donors (Lipinski definition) is 4. The van der Waals surface area contributed by atoms with Gasteiger partial charge < -0.3 is 20.6 Å². The van der Waals surface area contributed by atoms with E-state index in [1.807, 2.05) is 0 Å². The molecule has 0 aliphatic heterocycles. The first-order chi connectivity index (χ1) is 18.7. The second-order valence-corrected chi connectivity index (χ2v) is 14.0. The molecule has 4 unspecified atom stereocenters. The van der Waals surface area contributed by atoms with Gasteiger partial charge in [-0.25, -0.2) is 0 Å². The molecule has 4 aliphatic carbocycles. The molecule has 0 saturated heterocycles. The van der Waals surface area contributed by atoms with Crippen molar-refractivity contribution in [1.29, 1.82) is 0 Å². The Labute approximate surface area is 235 Å². The Morgan fingerprint density at radius 2 is 1.73 bits per heavy atom. The topological polar surface area (TPSA) is 89.8 Å². The molecule has 0 spiro atoms. The summed E-state index contributed by atoms with van der Waals surface area (Å²) in [6.07, 6.45) is 1.33. The number of rotatable bonds is 6.